The maximum Gasteiger partial charge on any atom is 0.193 e. The summed E-state index contributed by atoms with van der Waals surface area (Å²) in [5.41, 5.74) is 0. The molecule has 1 aromatic rings. The Kier molecular flexibility index (Phi) is 8.48. The molecule has 1 heterocycles. The molecule has 6 nitrogen and oxygen atoms in total. The van der Waals surface area contributed by atoms with Gasteiger partial charge in [-0.05, 0) is 25.0 Å². The summed E-state index contributed by atoms with van der Waals surface area (Å²) >= 11 is 0. The number of nitrogens with zero attached hydrogens (tertiary/aromatic N) is 2. The Balaban J connectivity index is 1.59. The lowest BCUT2D eigenvalue weighted by Crippen LogP contribution is -2.42. The molecule has 1 N–H and O–H groups in total. The van der Waals surface area contributed by atoms with Crippen LogP contribution in [0.3, 0.4) is 0 Å². The number of ether oxygens (including phenoxy) is 3. The number of para-hydroxylation sites is 1. The van der Waals surface area contributed by atoms with Crippen LogP contribution in [-0.2, 0) is 9.47 Å². The van der Waals surface area contributed by atoms with E-state index in [1.54, 1.807) is 25.2 Å². The monoisotopic (exact) mass is 353 g/mol. The van der Waals surface area contributed by atoms with E-state index in [1.807, 2.05) is 11.9 Å². The number of halogens is 1. The van der Waals surface area contributed by atoms with Crippen molar-refractivity contribution in [2.24, 2.45) is 4.99 Å². The number of rotatable bonds is 9. The van der Waals surface area contributed by atoms with E-state index in [9.17, 15) is 4.39 Å². The maximum atomic E-state index is 13.5. The molecule has 0 aliphatic carbocycles. The highest BCUT2D eigenvalue weighted by atomic mass is 19.1. The maximum absolute atomic E-state index is 13.5. The number of benzene rings is 1. The van der Waals surface area contributed by atoms with Crippen LogP contribution >= 0.6 is 0 Å². The summed E-state index contributed by atoms with van der Waals surface area (Å²) < 4.78 is 30.1. The molecule has 0 saturated carbocycles. The smallest absolute Gasteiger partial charge is 0.193 e. The van der Waals surface area contributed by atoms with E-state index in [1.165, 1.54) is 6.07 Å². The SMILES string of the molecule is CN=C(NCCOCC1CCCO1)N(C)CCOc1ccccc1F. The molecule has 1 saturated heterocycles. The summed E-state index contributed by atoms with van der Waals surface area (Å²) in [6, 6.07) is 6.39. The summed E-state index contributed by atoms with van der Waals surface area (Å²) in [4.78, 5) is 6.16. The largest absolute Gasteiger partial charge is 0.489 e. The first-order chi connectivity index (χ1) is 12.2. The quantitative estimate of drug-likeness (QED) is 0.418. The zero-order chi connectivity index (χ0) is 17.9. The molecule has 1 aliphatic heterocycles. The zero-order valence-electron chi connectivity index (χ0n) is 15.0. The van der Waals surface area contributed by atoms with E-state index in [-0.39, 0.29) is 17.7 Å². The minimum atomic E-state index is -0.351. The van der Waals surface area contributed by atoms with Gasteiger partial charge < -0.3 is 24.4 Å². The van der Waals surface area contributed by atoms with Gasteiger partial charge in [-0.1, -0.05) is 12.1 Å². The molecule has 0 aromatic heterocycles. The van der Waals surface area contributed by atoms with Gasteiger partial charge in [-0.25, -0.2) is 4.39 Å². The van der Waals surface area contributed by atoms with E-state index in [0.717, 1.165) is 25.4 Å². The highest BCUT2D eigenvalue weighted by molar-refractivity contribution is 5.79. The van der Waals surface area contributed by atoms with Gasteiger partial charge >= 0.3 is 0 Å². The summed E-state index contributed by atoms with van der Waals surface area (Å²) in [6.07, 6.45) is 2.45. The lowest BCUT2D eigenvalue weighted by atomic mass is 10.2. The van der Waals surface area contributed by atoms with Gasteiger partial charge in [0, 0.05) is 27.2 Å². The molecule has 7 heteroatoms. The van der Waals surface area contributed by atoms with E-state index in [4.69, 9.17) is 14.2 Å². The van der Waals surface area contributed by atoms with Gasteiger partial charge in [0.05, 0.1) is 25.9 Å². The normalized spacial score (nSPS) is 17.6. The lowest BCUT2D eigenvalue weighted by Gasteiger charge is -2.22. The van der Waals surface area contributed by atoms with Crippen LogP contribution in [0, 0.1) is 5.82 Å². The van der Waals surface area contributed by atoms with Crippen LogP contribution in [0.1, 0.15) is 12.8 Å². The molecular weight excluding hydrogens is 325 g/mol. The minimum absolute atomic E-state index is 0.248. The molecular formula is C18H28FN3O3. The number of nitrogens with one attached hydrogen (secondary N) is 1. The van der Waals surface area contributed by atoms with Gasteiger partial charge in [-0.15, -0.1) is 0 Å². The molecule has 1 unspecified atom stereocenters. The van der Waals surface area contributed by atoms with Crippen molar-refractivity contribution < 1.29 is 18.6 Å². The first-order valence-electron chi connectivity index (χ1n) is 8.69. The van der Waals surface area contributed by atoms with Gasteiger partial charge in [-0.2, -0.15) is 0 Å². The average molecular weight is 353 g/mol. The predicted octanol–water partition coefficient (Wildman–Crippen LogP) is 1.91. The van der Waals surface area contributed by atoms with Gasteiger partial charge in [0.25, 0.3) is 0 Å². The minimum Gasteiger partial charge on any atom is -0.489 e. The molecule has 140 valence electrons. The molecule has 1 atom stereocenters. The molecule has 1 fully saturated rings. The van der Waals surface area contributed by atoms with Crippen LogP contribution < -0.4 is 10.1 Å². The molecule has 1 aliphatic rings. The standard InChI is InChI=1S/C18H28FN3O3/c1-20-18(21-9-12-23-14-15-6-5-11-24-15)22(2)10-13-25-17-8-4-3-7-16(17)19/h3-4,7-8,15H,5-6,9-14H2,1-2H3,(H,20,21). The Labute approximate surface area is 149 Å². The molecule has 0 bridgehead atoms. The Hall–Kier alpha value is -1.86. The van der Waals surface area contributed by atoms with Gasteiger partial charge in [0.2, 0.25) is 0 Å². The third-order valence-electron chi connectivity index (χ3n) is 3.95. The van der Waals surface area contributed by atoms with Crippen molar-refractivity contribution in [2.45, 2.75) is 18.9 Å². The van der Waals surface area contributed by atoms with E-state index >= 15 is 0 Å². The van der Waals surface area contributed by atoms with Crippen molar-refractivity contribution >= 4 is 5.96 Å². The predicted molar refractivity (Wildman–Crippen MR) is 95.7 cm³/mol. The fraction of sp³-hybridized carbons (Fsp3) is 0.611. The van der Waals surface area contributed by atoms with Crippen molar-refractivity contribution in [3.8, 4) is 5.75 Å². The molecule has 0 amide bonds. The summed E-state index contributed by atoms with van der Waals surface area (Å²) in [5, 5.41) is 3.24. The van der Waals surface area contributed by atoms with Gasteiger partial charge in [0.1, 0.15) is 6.61 Å². The van der Waals surface area contributed by atoms with Crippen LogP contribution in [-0.4, -0.2) is 70.6 Å². The number of guanidine groups is 1. The van der Waals surface area contributed by atoms with Crippen molar-refractivity contribution in [1.29, 1.82) is 0 Å². The third kappa shape index (κ3) is 6.88. The number of likely N-dealkylation sites (N-methyl/N-ethyl adjacent to an activating group) is 1. The van der Waals surface area contributed by atoms with Crippen LogP contribution in [0.4, 0.5) is 4.39 Å². The van der Waals surface area contributed by atoms with Gasteiger partial charge in [-0.3, -0.25) is 4.99 Å². The van der Waals surface area contributed by atoms with Crippen LogP contribution in [0.25, 0.3) is 0 Å². The molecule has 2 rings (SSSR count). The zero-order valence-corrected chi connectivity index (χ0v) is 15.0. The average Bonchev–Trinajstić information content (AvgIpc) is 3.13. The van der Waals surface area contributed by atoms with Crippen molar-refractivity contribution in [3.05, 3.63) is 30.1 Å². The first kappa shape index (κ1) is 19.5. The topological polar surface area (TPSA) is 55.3 Å². The number of hydrogen-bond acceptors (Lipinski definition) is 4. The summed E-state index contributed by atoms with van der Waals surface area (Å²) in [7, 11) is 3.64. The number of hydrogen-bond donors (Lipinski definition) is 1. The third-order valence-corrected chi connectivity index (χ3v) is 3.95. The fourth-order valence-electron chi connectivity index (χ4n) is 2.57. The van der Waals surface area contributed by atoms with Crippen LogP contribution in [0.2, 0.25) is 0 Å². The van der Waals surface area contributed by atoms with Crippen LogP contribution in [0.15, 0.2) is 29.3 Å². The molecule has 0 spiro atoms. The highest BCUT2D eigenvalue weighted by Crippen LogP contribution is 2.15. The van der Waals surface area contributed by atoms with Crippen molar-refractivity contribution in [1.82, 2.24) is 10.2 Å². The van der Waals surface area contributed by atoms with E-state index in [0.29, 0.717) is 32.9 Å². The Morgan fingerprint density at radius 1 is 1.40 bits per heavy atom. The molecule has 1 aromatic carbocycles. The Morgan fingerprint density at radius 2 is 2.24 bits per heavy atom. The molecule has 25 heavy (non-hydrogen) atoms. The fourth-order valence-corrected chi connectivity index (χ4v) is 2.57. The second-order valence-corrected chi connectivity index (χ2v) is 5.88. The summed E-state index contributed by atoms with van der Waals surface area (Å²) in [6.45, 7) is 3.71. The summed E-state index contributed by atoms with van der Waals surface area (Å²) in [5.74, 6) is 0.662. The van der Waals surface area contributed by atoms with E-state index < -0.39 is 0 Å². The Bertz CT molecular complexity index is 536. The highest BCUT2D eigenvalue weighted by Gasteiger charge is 2.15. The second kappa shape index (κ2) is 10.9. The van der Waals surface area contributed by atoms with Crippen LogP contribution in [0.5, 0.6) is 5.75 Å². The lowest BCUT2D eigenvalue weighted by molar-refractivity contribution is 0.0190. The Morgan fingerprint density at radius 3 is 2.96 bits per heavy atom. The van der Waals surface area contributed by atoms with E-state index in [2.05, 4.69) is 10.3 Å². The second-order valence-electron chi connectivity index (χ2n) is 5.88. The first-order valence-corrected chi connectivity index (χ1v) is 8.69. The molecule has 0 radical (unpaired) electrons. The van der Waals surface area contributed by atoms with Crippen molar-refractivity contribution in [2.75, 3.05) is 53.6 Å². The van der Waals surface area contributed by atoms with Gasteiger partial charge in [0.15, 0.2) is 17.5 Å². The number of aliphatic imine (C=N–C) groups is 1. The van der Waals surface area contributed by atoms with Crippen molar-refractivity contribution in [3.63, 3.8) is 0 Å².